The average molecular weight is 354 g/mol. The van der Waals surface area contributed by atoms with E-state index in [0.29, 0.717) is 32.5 Å². The third kappa shape index (κ3) is 4.29. The van der Waals surface area contributed by atoms with E-state index in [2.05, 4.69) is 34.6 Å². The van der Waals surface area contributed by atoms with Crippen LogP contribution >= 0.6 is 0 Å². The molecule has 1 aromatic carbocycles. The summed E-state index contributed by atoms with van der Waals surface area (Å²) in [6, 6.07) is 12.0. The van der Waals surface area contributed by atoms with Gasteiger partial charge in [-0.05, 0) is 48.9 Å². The van der Waals surface area contributed by atoms with Crippen molar-refractivity contribution < 1.29 is 14.6 Å². The van der Waals surface area contributed by atoms with Gasteiger partial charge in [-0.3, -0.25) is 9.78 Å². The van der Waals surface area contributed by atoms with Crippen LogP contribution in [0.2, 0.25) is 0 Å². The van der Waals surface area contributed by atoms with Crippen molar-refractivity contribution in [3.63, 3.8) is 0 Å². The molecule has 2 N–H and O–H groups in total. The van der Waals surface area contributed by atoms with E-state index in [1.165, 1.54) is 0 Å². The zero-order valence-electron chi connectivity index (χ0n) is 15.1. The quantitative estimate of drug-likeness (QED) is 0.836. The summed E-state index contributed by atoms with van der Waals surface area (Å²) in [5.41, 5.74) is 2.85. The Morgan fingerprint density at radius 3 is 2.58 bits per heavy atom. The molecular formula is C21H26N2O3. The van der Waals surface area contributed by atoms with Crippen molar-refractivity contribution in [3.8, 4) is 11.1 Å². The number of nitrogens with one attached hydrogen (secondary N) is 1. The molecule has 1 atom stereocenters. The van der Waals surface area contributed by atoms with Crippen LogP contribution in [0.15, 0.2) is 48.8 Å². The summed E-state index contributed by atoms with van der Waals surface area (Å²) in [6.45, 7) is 2.94. The lowest BCUT2D eigenvalue weighted by atomic mass is 9.74. The predicted molar refractivity (Wildman–Crippen MR) is 101 cm³/mol. The van der Waals surface area contributed by atoms with Crippen LogP contribution < -0.4 is 5.32 Å². The summed E-state index contributed by atoms with van der Waals surface area (Å²) in [5, 5.41) is 12.2. The van der Waals surface area contributed by atoms with E-state index >= 15 is 0 Å². The normalized spacial score (nSPS) is 17.5. The van der Waals surface area contributed by atoms with Gasteiger partial charge in [0.2, 0.25) is 5.91 Å². The molecule has 0 radical (unpaired) electrons. The monoisotopic (exact) mass is 354 g/mol. The zero-order chi connectivity index (χ0) is 18.4. The number of rotatable bonds is 6. The number of pyridine rings is 1. The number of amides is 1. The number of hydrogen-bond acceptors (Lipinski definition) is 4. The van der Waals surface area contributed by atoms with Gasteiger partial charge in [-0.2, -0.15) is 0 Å². The fourth-order valence-corrected chi connectivity index (χ4v) is 3.41. The van der Waals surface area contributed by atoms with Crippen LogP contribution in [0.1, 0.15) is 25.3 Å². The molecule has 3 rings (SSSR count). The van der Waals surface area contributed by atoms with E-state index in [1.54, 1.807) is 6.20 Å². The third-order valence-corrected chi connectivity index (χ3v) is 5.07. The van der Waals surface area contributed by atoms with Crippen LogP contribution in [-0.2, 0) is 16.0 Å². The van der Waals surface area contributed by atoms with Crippen molar-refractivity contribution in [2.24, 2.45) is 5.41 Å². The second kappa shape index (κ2) is 8.43. The van der Waals surface area contributed by atoms with E-state index in [1.807, 2.05) is 25.3 Å². The van der Waals surface area contributed by atoms with Gasteiger partial charge in [-0.15, -0.1) is 0 Å². The van der Waals surface area contributed by atoms with Crippen molar-refractivity contribution in [1.29, 1.82) is 0 Å². The molecule has 2 heterocycles. The lowest BCUT2D eigenvalue weighted by Gasteiger charge is -2.36. The van der Waals surface area contributed by atoms with E-state index in [0.717, 1.165) is 16.7 Å². The number of ether oxygens (including phenoxy) is 1. The van der Waals surface area contributed by atoms with Crippen molar-refractivity contribution in [2.75, 3.05) is 19.8 Å². The van der Waals surface area contributed by atoms with Crippen LogP contribution in [0, 0.1) is 5.41 Å². The van der Waals surface area contributed by atoms with Crippen molar-refractivity contribution in [2.45, 2.75) is 32.2 Å². The van der Waals surface area contributed by atoms with Gasteiger partial charge >= 0.3 is 0 Å². The number of hydrogen-bond donors (Lipinski definition) is 2. The number of aliphatic hydroxyl groups excluding tert-OH is 1. The molecule has 1 amide bonds. The van der Waals surface area contributed by atoms with Crippen LogP contribution in [0.3, 0.4) is 0 Å². The van der Waals surface area contributed by atoms with Crippen LogP contribution in [0.25, 0.3) is 11.1 Å². The fourth-order valence-electron chi connectivity index (χ4n) is 3.41. The first-order chi connectivity index (χ1) is 12.6. The molecule has 0 spiro atoms. The topological polar surface area (TPSA) is 71.5 Å². The highest BCUT2D eigenvalue weighted by Crippen LogP contribution is 2.35. The second-order valence-corrected chi connectivity index (χ2v) is 7.07. The molecule has 0 unspecified atom stereocenters. The van der Waals surface area contributed by atoms with E-state index in [9.17, 15) is 9.90 Å². The molecule has 1 aromatic heterocycles. The van der Waals surface area contributed by atoms with Crippen molar-refractivity contribution >= 4 is 5.91 Å². The number of carbonyl (C=O) groups excluding carboxylic acids is 1. The molecule has 1 saturated heterocycles. The highest BCUT2D eigenvalue weighted by Gasteiger charge is 2.40. The largest absolute Gasteiger partial charge is 0.394 e. The third-order valence-electron chi connectivity index (χ3n) is 5.07. The summed E-state index contributed by atoms with van der Waals surface area (Å²) >= 11 is 0. The number of aliphatic hydroxyl groups is 1. The van der Waals surface area contributed by atoms with Gasteiger partial charge in [0.1, 0.15) is 0 Å². The van der Waals surface area contributed by atoms with Crippen molar-refractivity contribution in [1.82, 2.24) is 10.3 Å². The predicted octanol–water partition coefficient (Wildman–Crippen LogP) is 2.58. The first-order valence-electron chi connectivity index (χ1n) is 9.12. The minimum Gasteiger partial charge on any atom is -0.394 e. The van der Waals surface area contributed by atoms with E-state index < -0.39 is 5.41 Å². The van der Waals surface area contributed by atoms with Gasteiger partial charge in [0.15, 0.2) is 0 Å². The molecule has 0 bridgehead atoms. The number of aromatic nitrogens is 1. The molecule has 1 aliphatic rings. The van der Waals surface area contributed by atoms with Crippen LogP contribution in [0.4, 0.5) is 0 Å². The molecular weight excluding hydrogens is 328 g/mol. The highest BCUT2D eigenvalue weighted by atomic mass is 16.5. The molecule has 5 heteroatoms. The Morgan fingerprint density at radius 1 is 1.23 bits per heavy atom. The Hall–Kier alpha value is -2.24. The van der Waals surface area contributed by atoms with Crippen molar-refractivity contribution in [3.05, 3.63) is 54.4 Å². The Kier molecular flexibility index (Phi) is 6.01. The van der Waals surface area contributed by atoms with Gasteiger partial charge in [-0.1, -0.05) is 30.3 Å². The summed E-state index contributed by atoms with van der Waals surface area (Å²) in [4.78, 5) is 17.1. The summed E-state index contributed by atoms with van der Waals surface area (Å²) in [5.74, 6) is 0.0127. The van der Waals surface area contributed by atoms with Gasteiger partial charge in [0, 0.05) is 31.6 Å². The maximum Gasteiger partial charge on any atom is 0.227 e. The van der Waals surface area contributed by atoms with Gasteiger partial charge < -0.3 is 15.2 Å². The van der Waals surface area contributed by atoms with E-state index in [4.69, 9.17) is 4.74 Å². The molecule has 5 nitrogen and oxygen atoms in total. The summed E-state index contributed by atoms with van der Waals surface area (Å²) in [7, 11) is 0. The molecule has 0 saturated carbocycles. The summed E-state index contributed by atoms with van der Waals surface area (Å²) in [6.07, 6.45) is 5.67. The van der Waals surface area contributed by atoms with Crippen LogP contribution in [0.5, 0.6) is 0 Å². The molecule has 2 aromatic rings. The molecule has 138 valence electrons. The first-order valence-corrected chi connectivity index (χ1v) is 9.12. The SMILES string of the molecule is C[C@@H](CO)NC(=O)C1(Cc2ccc(-c3cccnc3)cc2)CCOCC1. The highest BCUT2D eigenvalue weighted by molar-refractivity contribution is 5.83. The zero-order valence-corrected chi connectivity index (χ0v) is 15.1. The molecule has 1 fully saturated rings. The number of nitrogens with zero attached hydrogens (tertiary/aromatic N) is 1. The smallest absolute Gasteiger partial charge is 0.227 e. The molecule has 26 heavy (non-hydrogen) atoms. The Bertz CT molecular complexity index is 710. The van der Waals surface area contributed by atoms with Gasteiger partial charge in [0.25, 0.3) is 0 Å². The fraction of sp³-hybridized carbons (Fsp3) is 0.429. The maximum absolute atomic E-state index is 12.9. The van der Waals surface area contributed by atoms with Gasteiger partial charge in [-0.25, -0.2) is 0 Å². The maximum atomic E-state index is 12.9. The minimum atomic E-state index is -0.475. The Balaban J connectivity index is 1.77. The number of benzene rings is 1. The lowest BCUT2D eigenvalue weighted by Crippen LogP contribution is -2.49. The first kappa shape index (κ1) is 18.5. The average Bonchev–Trinajstić information content (AvgIpc) is 2.70. The Morgan fingerprint density at radius 2 is 1.96 bits per heavy atom. The number of carbonyl (C=O) groups is 1. The van der Waals surface area contributed by atoms with Gasteiger partial charge in [0.05, 0.1) is 12.0 Å². The molecule has 1 aliphatic heterocycles. The van der Waals surface area contributed by atoms with Crippen LogP contribution in [-0.4, -0.2) is 41.9 Å². The standard InChI is InChI=1S/C21H26N2O3/c1-16(15-24)23-20(25)21(8-11-26-12-9-21)13-17-4-6-18(7-5-17)19-3-2-10-22-14-19/h2-7,10,14,16,24H,8-9,11-13,15H2,1H3,(H,23,25)/t16-/m0/s1. The summed E-state index contributed by atoms with van der Waals surface area (Å²) < 4.78 is 5.48. The second-order valence-electron chi connectivity index (χ2n) is 7.07. The molecule has 0 aliphatic carbocycles. The minimum absolute atomic E-state index is 0.0127. The lowest BCUT2D eigenvalue weighted by molar-refractivity contribution is -0.137. The van der Waals surface area contributed by atoms with E-state index in [-0.39, 0.29) is 18.6 Å². The Labute approximate surface area is 154 Å².